The van der Waals surface area contributed by atoms with Crippen molar-refractivity contribution < 1.29 is 9.84 Å². The Morgan fingerprint density at radius 1 is 1.24 bits per heavy atom. The van der Waals surface area contributed by atoms with Crippen molar-refractivity contribution in [3.63, 3.8) is 0 Å². The first-order chi connectivity index (χ1) is 10.2. The molecular weight excluding hydrogens is 266 g/mol. The van der Waals surface area contributed by atoms with E-state index in [1.807, 2.05) is 0 Å². The molecule has 0 amide bonds. The van der Waals surface area contributed by atoms with Crippen LogP contribution in [0.2, 0.25) is 0 Å². The highest BCUT2D eigenvalue weighted by atomic mass is 16.5. The third-order valence-corrected chi connectivity index (χ3v) is 3.93. The zero-order valence-corrected chi connectivity index (χ0v) is 13.1. The summed E-state index contributed by atoms with van der Waals surface area (Å²) in [6, 6.07) is 6.43. The minimum Gasteiger partial charge on any atom is -0.495 e. The molecule has 5 heteroatoms. The number of aliphatic hydroxyl groups excluding tert-OH is 1. The number of hydrogen-bond acceptors (Lipinski definition) is 5. The number of nitrogens with zero attached hydrogens (tertiary/aromatic N) is 2. The van der Waals surface area contributed by atoms with Crippen molar-refractivity contribution in [3.05, 3.63) is 23.8 Å². The summed E-state index contributed by atoms with van der Waals surface area (Å²) in [5.41, 5.74) is 2.40. The van der Waals surface area contributed by atoms with Crippen molar-refractivity contribution in [1.82, 2.24) is 10.2 Å². The smallest absolute Gasteiger partial charge is 0.142 e. The summed E-state index contributed by atoms with van der Waals surface area (Å²) in [5.74, 6) is 0.945. The zero-order chi connectivity index (χ0) is 15.1. The molecule has 1 aliphatic heterocycles. The number of hydrogen-bond donors (Lipinski definition) is 2. The van der Waals surface area contributed by atoms with Crippen LogP contribution in [0.3, 0.4) is 0 Å². The molecule has 2 rings (SSSR count). The van der Waals surface area contributed by atoms with Gasteiger partial charge in [0.15, 0.2) is 0 Å². The van der Waals surface area contributed by atoms with Gasteiger partial charge in [0.2, 0.25) is 0 Å². The van der Waals surface area contributed by atoms with Gasteiger partial charge in [-0.15, -0.1) is 0 Å². The molecule has 0 aliphatic carbocycles. The average Bonchev–Trinajstić information content (AvgIpc) is 2.52. The van der Waals surface area contributed by atoms with Crippen molar-refractivity contribution in [3.8, 4) is 5.75 Å². The minimum atomic E-state index is 0.235. The van der Waals surface area contributed by atoms with E-state index in [-0.39, 0.29) is 6.61 Å². The maximum atomic E-state index is 8.78. The molecule has 0 saturated carbocycles. The monoisotopic (exact) mass is 293 g/mol. The predicted octanol–water partition coefficient (Wildman–Crippen LogP) is 0.919. The van der Waals surface area contributed by atoms with Crippen molar-refractivity contribution in [1.29, 1.82) is 0 Å². The van der Waals surface area contributed by atoms with Crippen LogP contribution in [-0.4, -0.2) is 63.5 Å². The van der Waals surface area contributed by atoms with E-state index in [1.54, 1.807) is 7.11 Å². The Bertz CT molecular complexity index is 432. The molecule has 0 bridgehead atoms. The van der Waals surface area contributed by atoms with Gasteiger partial charge < -0.3 is 25.0 Å². The lowest BCUT2D eigenvalue weighted by atomic mass is 10.1. The number of ether oxygens (including phenoxy) is 1. The standard InChI is InChI=1S/C16H27N3O2/c1-18-7-9-19(10-8-18)15-5-4-14(12-16(15)21-2)13-17-6-3-11-20/h4-5,12,17,20H,3,6-11,13H2,1-2H3. The summed E-state index contributed by atoms with van der Waals surface area (Å²) in [6.45, 7) is 6.14. The number of aliphatic hydroxyl groups is 1. The largest absolute Gasteiger partial charge is 0.495 e. The van der Waals surface area contributed by atoms with Crippen molar-refractivity contribution >= 4 is 5.69 Å². The van der Waals surface area contributed by atoms with Gasteiger partial charge in [-0.2, -0.15) is 0 Å². The predicted molar refractivity (Wildman–Crippen MR) is 86.1 cm³/mol. The summed E-state index contributed by atoms with van der Waals surface area (Å²) in [5, 5.41) is 12.1. The molecule has 0 radical (unpaired) electrons. The van der Waals surface area contributed by atoms with E-state index in [1.165, 1.54) is 11.3 Å². The highest BCUT2D eigenvalue weighted by Crippen LogP contribution is 2.30. The molecule has 1 saturated heterocycles. The summed E-state index contributed by atoms with van der Waals surface area (Å²) < 4.78 is 5.57. The van der Waals surface area contributed by atoms with E-state index >= 15 is 0 Å². The first-order valence-corrected chi connectivity index (χ1v) is 7.66. The van der Waals surface area contributed by atoms with E-state index in [9.17, 15) is 0 Å². The van der Waals surface area contributed by atoms with Gasteiger partial charge in [0.05, 0.1) is 12.8 Å². The zero-order valence-electron chi connectivity index (χ0n) is 13.1. The Hall–Kier alpha value is -1.30. The van der Waals surface area contributed by atoms with Gasteiger partial charge in [0.25, 0.3) is 0 Å². The van der Waals surface area contributed by atoms with Crippen LogP contribution in [0.25, 0.3) is 0 Å². The normalized spacial score (nSPS) is 16.2. The van der Waals surface area contributed by atoms with Crippen LogP contribution in [-0.2, 0) is 6.54 Å². The number of likely N-dealkylation sites (N-methyl/N-ethyl adjacent to an activating group) is 1. The van der Waals surface area contributed by atoms with Gasteiger partial charge in [0, 0.05) is 39.3 Å². The van der Waals surface area contributed by atoms with Gasteiger partial charge in [-0.25, -0.2) is 0 Å². The second-order valence-electron chi connectivity index (χ2n) is 5.55. The van der Waals surface area contributed by atoms with Gasteiger partial charge in [-0.05, 0) is 37.7 Å². The van der Waals surface area contributed by atoms with Crippen LogP contribution in [0.1, 0.15) is 12.0 Å². The molecule has 1 aromatic rings. The van der Waals surface area contributed by atoms with Crippen LogP contribution in [0.15, 0.2) is 18.2 Å². The first kappa shape index (κ1) is 16.1. The molecule has 1 aliphatic rings. The van der Waals surface area contributed by atoms with Gasteiger partial charge in [0.1, 0.15) is 5.75 Å². The quantitative estimate of drug-likeness (QED) is 0.732. The number of benzene rings is 1. The highest BCUT2D eigenvalue weighted by Gasteiger charge is 2.17. The SMILES string of the molecule is COc1cc(CNCCCO)ccc1N1CCN(C)CC1. The highest BCUT2D eigenvalue weighted by molar-refractivity contribution is 5.60. The van der Waals surface area contributed by atoms with E-state index in [0.717, 1.165) is 51.4 Å². The number of anilines is 1. The number of methoxy groups -OCH3 is 1. The lowest BCUT2D eigenvalue weighted by molar-refractivity contribution is 0.286. The molecule has 21 heavy (non-hydrogen) atoms. The maximum Gasteiger partial charge on any atom is 0.142 e. The van der Waals surface area contributed by atoms with Crippen LogP contribution < -0.4 is 15.0 Å². The Morgan fingerprint density at radius 2 is 2.00 bits per heavy atom. The number of rotatable bonds is 7. The lowest BCUT2D eigenvalue weighted by Gasteiger charge is -2.34. The molecule has 5 nitrogen and oxygen atoms in total. The van der Waals surface area contributed by atoms with Crippen molar-refractivity contribution in [2.24, 2.45) is 0 Å². The summed E-state index contributed by atoms with van der Waals surface area (Å²) in [4.78, 5) is 4.74. The Morgan fingerprint density at radius 3 is 2.67 bits per heavy atom. The molecule has 2 N–H and O–H groups in total. The molecule has 1 aromatic carbocycles. The van der Waals surface area contributed by atoms with Gasteiger partial charge >= 0.3 is 0 Å². The first-order valence-electron chi connectivity index (χ1n) is 7.66. The molecule has 0 unspecified atom stereocenters. The maximum absolute atomic E-state index is 8.78. The molecule has 0 aromatic heterocycles. The molecule has 1 fully saturated rings. The Labute approximate surface area is 127 Å². The summed E-state index contributed by atoms with van der Waals surface area (Å²) >= 11 is 0. The fraction of sp³-hybridized carbons (Fsp3) is 0.625. The fourth-order valence-electron chi connectivity index (χ4n) is 2.58. The minimum absolute atomic E-state index is 0.235. The number of nitrogens with one attached hydrogen (secondary N) is 1. The van der Waals surface area contributed by atoms with E-state index < -0.39 is 0 Å². The molecule has 0 atom stereocenters. The molecule has 1 heterocycles. The molecule has 0 spiro atoms. The van der Waals surface area contributed by atoms with Crippen LogP contribution >= 0.6 is 0 Å². The van der Waals surface area contributed by atoms with E-state index in [4.69, 9.17) is 9.84 Å². The molecule has 118 valence electrons. The third kappa shape index (κ3) is 4.59. The fourth-order valence-corrected chi connectivity index (χ4v) is 2.58. The van der Waals surface area contributed by atoms with Crippen LogP contribution in [0.4, 0.5) is 5.69 Å². The topological polar surface area (TPSA) is 48.0 Å². The Kier molecular flexibility index (Phi) is 6.29. The van der Waals surface area contributed by atoms with E-state index in [2.05, 4.69) is 40.4 Å². The second kappa shape index (κ2) is 8.22. The third-order valence-electron chi connectivity index (χ3n) is 3.93. The average molecular weight is 293 g/mol. The summed E-state index contributed by atoms with van der Waals surface area (Å²) in [6.07, 6.45) is 0.788. The Balaban J connectivity index is 1.99. The number of piperazine rings is 1. The lowest BCUT2D eigenvalue weighted by Crippen LogP contribution is -2.44. The molecular formula is C16H27N3O2. The van der Waals surface area contributed by atoms with Crippen LogP contribution in [0, 0.1) is 0 Å². The van der Waals surface area contributed by atoms with Crippen molar-refractivity contribution in [2.75, 3.05) is 58.4 Å². The summed E-state index contributed by atoms with van der Waals surface area (Å²) in [7, 11) is 3.90. The van der Waals surface area contributed by atoms with Gasteiger partial charge in [-0.1, -0.05) is 6.07 Å². The van der Waals surface area contributed by atoms with Crippen LogP contribution in [0.5, 0.6) is 5.75 Å². The second-order valence-corrected chi connectivity index (χ2v) is 5.55. The van der Waals surface area contributed by atoms with E-state index in [0.29, 0.717) is 0 Å². The van der Waals surface area contributed by atoms with Gasteiger partial charge in [-0.3, -0.25) is 0 Å². The van der Waals surface area contributed by atoms with Crippen molar-refractivity contribution in [2.45, 2.75) is 13.0 Å².